The summed E-state index contributed by atoms with van der Waals surface area (Å²) in [6, 6.07) is 7.88. The largest absolute Gasteiger partial charge is 0.388 e. The second-order valence-corrected chi connectivity index (χ2v) is 6.44. The fourth-order valence-corrected chi connectivity index (χ4v) is 3.38. The molecule has 1 aliphatic rings. The van der Waals surface area contributed by atoms with Gasteiger partial charge in [-0.1, -0.05) is 35.5 Å². The van der Waals surface area contributed by atoms with Crippen molar-refractivity contribution in [3.05, 3.63) is 40.7 Å². The lowest BCUT2D eigenvalue weighted by Crippen LogP contribution is -2.03. The number of rotatable bonds is 5. The molecule has 0 saturated heterocycles. The first-order chi connectivity index (χ1) is 9.65. The summed E-state index contributed by atoms with van der Waals surface area (Å²) in [6.45, 7) is 1.97. The van der Waals surface area contributed by atoms with Crippen LogP contribution < -0.4 is 0 Å². The van der Waals surface area contributed by atoms with Crippen molar-refractivity contribution >= 4 is 23.4 Å². The molecule has 20 heavy (non-hydrogen) atoms. The third-order valence-corrected chi connectivity index (χ3v) is 4.60. The van der Waals surface area contributed by atoms with Gasteiger partial charge < -0.3 is 9.67 Å². The van der Waals surface area contributed by atoms with E-state index in [1.54, 1.807) is 23.9 Å². The number of thioether (sulfide) groups is 1. The summed E-state index contributed by atoms with van der Waals surface area (Å²) >= 11 is 7.48. The van der Waals surface area contributed by atoms with E-state index < -0.39 is 6.10 Å². The fourth-order valence-electron chi connectivity index (χ4n) is 2.17. The number of hydrogen-bond acceptors (Lipinski definition) is 4. The highest BCUT2D eigenvalue weighted by Gasteiger charge is 2.28. The predicted octanol–water partition coefficient (Wildman–Crippen LogP) is 3.40. The lowest BCUT2D eigenvalue weighted by Gasteiger charge is -2.11. The number of hydrogen-bond donors (Lipinski definition) is 1. The van der Waals surface area contributed by atoms with Crippen LogP contribution in [0.1, 0.15) is 36.4 Å². The van der Waals surface area contributed by atoms with Crippen LogP contribution in [-0.4, -0.2) is 25.6 Å². The van der Waals surface area contributed by atoms with Gasteiger partial charge in [-0.15, -0.1) is 10.2 Å². The molecule has 0 bridgehead atoms. The van der Waals surface area contributed by atoms with Crippen molar-refractivity contribution in [3.63, 3.8) is 0 Å². The van der Waals surface area contributed by atoms with E-state index in [1.807, 2.05) is 19.1 Å². The Hall–Kier alpha value is -1.04. The van der Waals surface area contributed by atoms with Crippen LogP contribution in [0.4, 0.5) is 0 Å². The molecule has 0 amide bonds. The van der Waals surface area contributed by atoms with Gasteiger partial charge in [-0.25, -0.2) is 0 Å². The van der Waals surface area contributed by atoms with Crippen molar-refractivity contribution in [2.75, 3.05) is 5.75 Å². The van der Waals surface area contributed by atoms with Crippen molar-refractivity contribution in [1.29, 1.82) is 0 Å². The summed E-state index contributed by atoms with van der Waals surface area (Å²) in [4.78, 5) is 0. The first-order valence-corrected chi connectivity index (χ1v) is 7.99. The third-order valence-electron chi connectivity index (χ3n) is 3.35. The molecule has 1 N–H and O–H groups in total. The van der Waals surface area contributed by atoms with Gasteiger partial charge in [-0.3, -0.25) is 0 Å². The van der Waals surface area contributed by atoms with Crippen molar-refractivity contribution in [1.82, 2.24) is 14.8 Å². The van der Waals surface area contributed by atoms with E-state index in [-0.39, 0.29) is 0 Å². The minimum Gasteiger partial charge on any atom is -0.388 e. The van der Waals surface area contributed by atoms with Gasteiger partial charge in [0.15, 0.2) is 5.16 Å². The molecule has 1 aliphatic carbocycles. The standard InChI is InChI=1S/C14H16ClN3OS/c1-9-16-17-14(18(9)12-5-6-12)20-8-13(19)10-3-2-4-11(15)7-10/h2-4,7,12-13,19H,5-6,8H2,1H3/t13-/m0/s1. The molecule has 0 spiro atoms. The maximum absolute atomic E-state index is 10.2. The number of aromatic nitrogens is 3. The topological polar surface area (TPSA) is 50.9 Å². The molecular weight excluding hydrogens is 294 g/mol. The normalized spacial score (nSPS) is 16.4. The zero-order chi connectivity index (χ0) is 14.1. The fraction of sp³-hybridized carbons (Fsp3) is 0.429. The molecule has 1 aromatic carbocycles. The van der Waals surface area contributed by atoms with Gasteiger partial charge in [0, 0.05) is 16.8 Å². The first-order valence-electron chi connectivity index (χ1n) is 6.63. The Kier molecular flexibility index (Phi) is 4.01. The van der Waals surface area contributed by atoms with E-state index in [0.29, 0.717) is 16.8 Å². The molecule has 106 valence electrons. The maximum Gasteiger partial charge on any atom is 0.191 e. The van der Waals surface area contributed by atoms with Gasteiger partial charge in [0.2, 0.25) is 0 Å². The van der Waals surface area contributed by atoms with Crippen molar-refractivity contribution < 1.29 is 5.11 Å². The average Bonchev–Trinajstić information content (AvgIpc) is 3.20. The molecule has 2 aromatic rings. The van der Waals surface area contributed by atoms with Gasteiger partial charge >= 0.3 is 0 Å². The monoisotopic (exact) mass is 309 g/mol. The minimum absolute atomic E-state index is 0.547. The Bertz CT molecular complexity index is 612. The van der Waals surface area contributed by atoms with E-state index in [0.717, 1.165) is 16.5 Å². The molecule has 1 aromatic heterocycles. The van der Waals surface area contributed by atoms with Crippen molar-refractivity contribution in [2.24, 2.45) is 0 Å². The summed E-state index contributed by atoms with van der Waals surface area (Å²) < 4.78 is 2.18. The average molecular weight is 310 g/mol. The second-order valence-electron chi connectivity index (χ2n) is 5.01. The van der Waals surface area contributed by atoms with Gasteiger partial charge in [0.25, 0.3) is 0 Å². The Morgan fingerprint density at radius 1 is 1.45 bits per heavy atom. The van der Waals surface area contributed by atoms with E-state index in [4.69, 9.17) is 11.6 Å². The lowest BCUT2D eigenvalue weighted by molar-refractivity contribution is 0.204. The van der Waals surface area contributed by atoms with Gasteiger partial charge in [0.05, 0.1) is 6.10 Å². The Balaban J connectivity index is 1.67. The number of aliphatic hydroxyl groups excluding tert-OH is 1. The highest BCUT2D eigenvalue weighted by Crippen LogP contribution is 2.39. The van der Waals surface area contributed by atoms with Crippen molar-refractivity contribution in [3.8, 4) is 0 Å². The molecule has 1 fully saturated rings. The second kappa shape index (κ2) is 5.76. The number of benzene rings is 1. The molecule has 1 atom stereocenters. The number of aryl methyl sites for hydroxylation is 1. The molecule has 1 saturated carbocycles. The summed E-state index contributed by atoms with van der Waals surface area (Å²) in [5, 5.41) is 20.1. The Labute approximate surface area is 127 Å². The minimum atomic E-state index is -0.552. The smallest absolute Gasteiger partial charge is 0.191 e. The summed E-state index contributed by atoms with van der Waals surface area (Å²) in [5.41, 5.74) is 0.833. The van der Waals surface area contributed by atoms with E-state index >= 15 is 0 Å². The molecule has 0 radical (unpaired) electrons. The number of halogens is 1. The molecule has 3 rings (SSSR count). The molecular formula is C14H16ClN3OS. The van der Waals surface area contributed by atoms with Crippen LogP contribution in [0, 0.1) is 6.92 Å². The summed E-state index contributed by atoms with van der Waals surface area (Å²) in [5.74, 6) is 1.50. The van der Waals surface area contributed by atoms with E-state index in [2.05, 4.69) is 14.8 Å². The zero-order valence-corrected chi connectivity index (χ0v) is 12.7. The quantitative estimate of drug-likeness (QED) is 0.860. The first kappa shape index (κ1) is 13.9. The van der Waals surface area contributed by atoms with Gasteiger partial charge in [-0.05, 0) is 37.5 Å². The van der Waals surface area contributed by atoms with Crippen LogP contribution in [0.2, 0.25) is 5.02 Å². The highest BCUT2D eigenvalue weighted by molar-refractivity contribution is 7.99. The Morgan fingerprint density at radius 2 is 2.25 bits per heavy atom. The van der Waals surface area contributed by atoms with Crippen LogP contribution in [0.3, 0.4) is 0 Å². The molecule has 1 heterocycles. The SMILES string of the molecule is Cc1nnc(SC[C@H](O)c2cccc(Cl)c2)n1C1CC1. The number of nitrogens with zero attached hydrogens (tertiary/aromatic N) is 3. The molecule has 4 nitrogen and oxygen atoms in total. The highest BCUT2D eigenvalue weighted by atomic mass is 35.5. The van der Waals surface area contributed by atoms with Gasteiger partial charge in [-0.2, -0.15) is 0 Å². The van der Waals surface area contributed by atoms with Crippen LogP contribution in [0.15, 0.2) is 29.4 Å². The lowest BCUT2D eigenvalue weighted by atomic mass is 10.1. The van der Waals surface area contributed by atoms with E-state index in [1.165, 1.54) is 12.8 Å². The van der Waals surface area contributed by atoms with Crippen LogP contribution in [-0.2, 0) is 0 Å². The predicted molar refractivity (Wildman–Crippen MR) is 80.2 cm³/mol. The van der Waals surface area contributed by atoms with E-state index in [9.17, 15) is 5.11 Å². The number of aliphatic hydroxyl groups is 1. The third kappa shape index (κ3) is 3.00. The molecule has 0 aliphatic heterocycles. The summed E-state index contributed by atoms with van der Waals surface area (Å²) in [6.07, 6.45) is 1.84. The Morgan fingerprint density at radius 3 is 2.95 bits per heavy atom. The molecule has 0 unspecified atom stereocenters. The van der Waals surface area contributed by atoms with Gasteiger partial charge in [0.1, 0.15) is 5.82 Å². The van der Waals surface area contributed by atoms with Crippen LogP contribution >= 0.6 is 23.4 Å². The molecule has 6 heteroatoms. The summed E-state index contributed by atoms with van der Waals surface area (Å²) in [7, 11) is 0. The zero-order valence-electron chi connectivity index (χ0n) is 11.2. The maximum atomic E-state index is 10.2. The van der Waals surface area contributed by atoms with Crippen LogP contribution in [0.5, 0.6) is 0 Å². The van der Waals surface area contributed by atoms with Crippen molar-refractivity contribution in [2.45, 2.75) is 37.1 Å². The van der Waals surface area contributed by atoms with Crippen LogP contribution in [0.25, 0.3) is 0 Å².